The number of fused-ring (bicyclic) bond motifs is 1. The summed E-state index contributed by atoms with van der Waals surface area (Å²) in [5, 5.41) is 11.4. The summed E-state index contributed by atoms with van der Waals surface area (Å²) in [6.07, 6.45) is 7.41. The molecule has 0 unspecified atom stereocenters. The number of amides is 1. The Labute approximate surface area is 117 Å². The fraction of sp³-hybridized carbons (Fsp3) is 0.500. The molecule has 0 fully saturated rings. The van der Waals surface area contributed by atoms with Crippen molar-refractivity contribution in [2.75, 3.05) is 0 Å². The van der Waals surface area contributed by atoms with Gasteiger partial charge in [0, 0.05) is 13.0 Å². The molecule has 2 aromatic rings. The summed E-state index contributed by atoms with van der Waals surface area (Å²) in [4.78, 5) is 12.0. The SMILES string of the molecule is C[C@@H](NC(=O)c1ccoc1)c1nnc2n1CCCCC2. The number of nitrogens with zero attached hydrogens (tertiary/aromatic N) is 3. The van der Waals surface area contributed by atoms with E-state index in [0.29, 0.717) is 5.56 Å². The van der Waals surface area contributed by atoms with E-state index in [1.165, 1.54) is 18.9 Å². The van der Waals surface area contributed by atoms with Gasteiger partial charge in [-0.05, 0) is 25.8 Å². The zero-order valence-corrected chi connectivity index (χ0v) is 11.5. The molecule has 1 atom stereocenters. The Morgan fingerprint density at radius 2 is 2.30 bits per heavy atom. The fourth-order valence-corrected chi connectivity index (χ4v) is 2.57. The molecule has 3 heterocycles. The van der Waals surface area contributed by atoms with E-state index < -0.39 is 0 Å². The largest absolute Gasteiger partial charge is 0.472 e. The van der Waals surface area contributed by atoms with Crippen molar-refractivity contribution < 1.29 is 9.21 Å². The van der Waals surface area contributed by atoms with Crippen LogP contribution in [0.25, 0.3) is 0 Å². The highest BCUT2D eigenvalue weighted by molar-refractivity contribution is 5.93. The average molecular weight is 274 g/mol. The van der Waals surface area contributed by atoms with Crippen molar-refractivity contribution in [1.82, 2.24) is 20.1 Å². The minimum Gasteiger partial charge on any atom is -0.472 e. The van der Waals surface area contributed by atoms with Gasteiger partial charge in [0.2, 0.25) is 0 Å². The lowest BCUT2D eigenvalue weighted by Gasteiger charge is -2.14. The normalized spacial score (nSPS) is 16.2. The molecule has 6 nitrogen and oxygen atoms in total. The molecule has 0 aliphatic carbocycles. The van der Waals surface area contributed by atoms with Gasteiger partial charge in [-0.3, -0.25) is 4.79 Å². The molecule has 0 saturated carbocycles. The van der Waals surface area contributed by atoms with Gasteiger partial charge in [0.1, 0.15) is 12.1 Å². The highest BCUT2D eigenvalue weighted by Crippen LogP contribution is 2.18. The first-order valence-corrected chi connectivity index (χ1v) is 7.01. The van der Waals surface area contributed by atoms with Crippen LogP contribution in [0.1, 0.15) is 54.2 Å². The van der Waals surface area contributed by atoms with Crippen LogP contribution in [0.15, 0.2) is 23.0 Å². The Morgan fingerprint density at radius 1 is 1.40 bits per heavy atom. The second kappa shape index (κ2) is 5.48. The Morgan fingerprint density at radius 3 is 3.10 bits per heavy atom. The van der Waals surface area contributed by atoms with Crippen molar-refractivity contribution in [1.29, 1.82) is 0 Å². The lowest BCUT2D eigenvalue weighted by Crippen LogP contribution is -2.28. The minimum atomic E-state index is -0.170. The number of hydrogen-bond donors (Lipinski definition) is 1. The maximum Gasteiger partial charge on any atom is 0.255 e. The number of nitrogens with one attached hydrogen (secondary N) is 1. The molecular formula is C14H18N4O2. The number of carbonyl (C=O) groups is 1. The van der Waals surface area contributed by atoms with Crippen molar-refractivity contribution in [2.24, 2.45) is 0 Å². The topological polar surface area (TPSA) is 73.0 Å². The van der Waals surface area contributed by atoms with Gasteiger partial charge >= 0.3 is 0 Å². The molecule has 0 spiro atoms. The molecule has 6 heteroatoms. The Bertz CT molecular complexity index is 588. The van der Waals surface area contributed by atoms with E-state index in [4.69, 9.17) is 4.42 Å². The second-order valence-electron chi connectivity index (χ2n) is 5.14. The van der Waals surface area contributed by atoms with E-state index in [0.717, 1.165) is 37.5 Å². The van der Waals surface area contributed by atoms with Crippen molar-refractivity contribution in [3.05, 3.63) is 35.8 Å². The molecule has 0 radical (unpaired) electrons. The first-order valence-electron chi connectivity index (χ1n) is 7.01. The quantitative estimate of drug-likeness (QED) is 0.930. The minimum absolute atomic E-state index is 0.155. The predicted octanol–water partition coefficient (Wildman–Crippen LogP) is 2.09. The van der Waals surface area contributed by atoms with Crippen LogP contribution in [0, 0.1) is 0 Å². The third-order valence-corrected chi connectivity index (χ3v) is 3.66. The van der Waals surface area contributed by atoms with Gasteiger partial charge in [-0.1, -0.05) is 6.42 Å². The molecule has 0 saturated heterocycles. The van der Waals surface area contributed by atoms with Crippen LogP contribution in [-0.4, -0.2) is 20.7 Å². The average Bonchev–Trinajstić information content (AvgIpc) is 3.04. The van der Waals surface area contributed by atoms with Gasteiger partial charge in [-0.2, -0.15) is 0 Å². The first kappa shape index (κ1) is 12.9. The molecule has 0 bridgehead atoms. The van der Waals surface area contributed by atoms with Crippen LogP contribution >= 0.6 is 0 Å². The molecule has 1 aliphatic heterocycles. The van der Waals surface area contributed by atoms with E-state index in [1.54, 1.807) is 6.07 Å². The summed E-state index contributed by atoms with van der Waals surface area (Å²) in [5.74, 6) is 1.71. The summed E-state index contributed by atoms with van der Waals surface area (Å²) in [6.45, 7) is 2.86. The number of aromatic nitrogens is 3. The van der Waals surface area contributed by atoms with Crippen molar-refractivity contribution in [2.45, 2.75) is 45.2 Å². The van der Waals surface area contributed by atoms with E-state index in [9.17, 15) is 4.79 Å². The number of rotatable bonds is 3. The van der Waals surface area contributed by atoms with Crippen LogP contribution in [-0.2, 0) is 13.0 Å². The van der Waals surface area contributed by atoms with Gasteiger partial charge in [0.05, 0.1) is 17.9 Å². The van der Waals surface area contributed by atoms with Gasteiger partial charge in [0.15, 0.2) is 5.82 Å². The van der Waals surface area contributed by atoms with Crippen LogP contribution < -0.4 is 5.32 Å². The number of hydrogen-bond acceptors (Lipinski definition) is 4. The highest BCUT2D eigenvalue weighted by atomic mass is 16.3. The Kier molecular flexibility index (Phi) is 3.54. The zero-order valence-electron chi connectivity index (χ0n) is 11.5. The summed E-state index contributed by atoms with van der Waals surface area (Å²) in [7, 11) is 0. The number of carbonyl (C=O) groups excluding carboxylic acids is 1. The van der Waals surface area contributed by atoms with Crippen LogP contribution in [0.5, 0.6) is 0 Å². The monoisotopic (exact) mass is 274 g/mol. The molecule has 1 amide bonds. The lowest BCUT2D eigenvalue weighted by molar-refractivity contribution is 0.0937. The molecule has 1 aliphatic rings. The smallest absolute Gasteiger partial charge is 0.255 e. The molecular weight excluding hydrogens is 256 g/mol. The fourth-order valence-electron chi connectivity index (χ4n) is 2.57. The van der Waals surface area contributed by atoms with Crippen LogP contribution in [0.2, 0.25) is 0 Å². The van der Waals surface area contributed by atoms with E-state index in [1.807, 2.05) is 6.92 Å². The Balaban J connectivity index is 1.76. The zero-order chi connectivity index (χ0) is 13.9. The lowest BCUT2D eigenvalue weighted by atomic mass is 10.2. The molecule has 3 rings (SSSR count). The first-order chi connectivity index (χ1) is 9.75. The summed E-state index contributed by atoms with van der Waals surface area (Å²) >= 11 is 0. The number of furan rings is 1. The third-order valence-electron chi connectivity index (χ3n) is 3.66. The predicted molar refractivity (Wildman–Crippen MR) is 72.2 cm³/mol. The summed E-state index contributed by atoms with van der Waals surface area (Å²) < 4.78 is 7.07. The molecule has 106 valence electrons. The maximum absolute atomic E-state index is 12.0. The van der Waals surface area contributed by atoms with Gasteiger partial charge < -0.3 is 14.3 Å². The highest BCUT2D eigenvalue weighted by Gasteiger charge is 2.21. The van der Waals surface area contributed by atoms with Crippen molar-refractivity contribution in [3.8, 4) is 0 Å². The molecule has 2 aromatic heterocycles. The molecule has 20 heavy (non-hydrogen) atoms. The standard InChI is InChI=1S/C14H18N4O2/c1-10(15-14(19)11-6-8-20-9-11)13-17-16-12-5-3-2-4-7-18(12)13/h6,8-10H,2-5,7H2,1H3,(H,15,19)/t10-/m1/s1. The third kappa shape index (κ3) is 2.45. The van der Waals surface area contributed by atoms with Crippen LogP contribution in [0.3, 0.4) is 0 Å². The molecule has 1 N–H and O–H groups in total. The van der Waals surface area contributed by atoms with Gasteiger partial charge in [0.25, 0.3) is 5.91 Å². The molecule has 0 aromatic carbocycles. The number of aryl methyl sites for hydroxylation is 1. The maximum atomic E-state index is 12.0. The van der Waals surface area contributed by atoms with Crippen molar-refractivity contribution >= 4 is 5.91 Å². The van der Waals surface area contributed by atoms with E-state index in [2.05, 4.69) is 20.1 Å². The second-order valence-corrected chi connectivity index (χ2v) is 5.14. The van der Waals surface area contributed by atoms with Gasteiger partial charge in [-0.15, -0.1) is 10.2 Å². The Hall–Kier alpha value is -2.11. The van der Waals surface area contributed by atoms with Crippen LogP contribution in [0.4, 0.5) is 0 Å². The summed E-state index contributed by atoms with van der Waals surface area (Å²) in [5.41, 5.74) is 0.521. The van der Waals surface area contributed by atoms with Crippen molar-refractivity contribution in [3.63, 3.8) is 0 Å². The summed E-state index contributed by atoms with van der Waals surface area (Å²) in [6, 6.07) is 1.48. The van der Waals surface area contributed by atoms with Gasteiger partial charge in [-0.25, -0.2) is 0 Å². The van der Waals surface area contributed by atoms with E-state index >= 15 is 0 Å². The van der Waals surface area contributed by atoms with E-state index in [-0.39, 0.29) is 11.9 Å².